The van der Waals surface area contributed by atoms with Crippen LogP contribution in [-0.4, -0.2) is 24.5 Å². The fourth-order valence-electron chi connectivity index (χ4n) is 3.33. The topological polar surface area (TPSA) is 76.7 Å². The van der Waals surface area contributed by atoms with Gasteiger partial charge in [0.05, 0.1) is 0 Å². The van der Waals surface area contributed by atoms with Crippen LogP contribution in [0.2, 0.25) is 0 Å². The molecule has 2 aliphatic rings. The van der Waals surface area contributed by atoms with E-state index in [2.05, 4.69) is 10.6 Å². The van der Waals surface area contributed by atoms with Gasteiger partial charge in [-0.25, -0.2) is 8.78 Å². The minimum absolute atomic E-state index is 0.120. The lowest BCUT2D eigenvalue weighted by molar-refractivity contribution is -0.120. The van der Waals surface area contributed by atoms with Crippen molar-refractivity contribution < 1.29 is 27.8 Å². The zero-order chi connectivity index (χ0) is 19.7. The number of carbonyl (C=O) groups is 2. The third-order valence-corrected chi connectivity index (χ3v) is 4.80. The number of ether oxygens (including phenoxy) is 2. The Morgan fingerprint density at radius 1 is 1.00 bits per heavy atom. The Morgan fingerprint density at radius 3 is 2.50 bits per heavy atom. The van der Waals surface area contributed by atoms with E-state index in [1.807, 2.05) is 0 Å². The van der Waals surface area contributed by atoms with E-state index in [0.29, 0.717) is 28.4 Å². The Kier molecular flexibility index (Phi) is 4.62. The molecule has 1 atom stereocenters. The number of hydrogen-bond donors (Lipinski definition) is 2. The summed E-state index contributed by atoms with van der Waals surface area (Å²) in [7, 11) is 0. The van der Waals surface area contributed by atoms with Gasteiger partial charge in [-0.2, -0.15) is 0 Å². The van der Waals surface area contributed by atoms with Crippen LogP contribution in [0.3, 0.4) is 0 Å². The summed E-state index contributed by atoms with van der Waals surface area (Å²) in [6.07, 6.45) is -0.532. The smallest absolute Gasteiger partial charge is 0.255 e. The van der Waals surface area contributed by atoms with Gasteiger partial charge in [-0.05, 0) is 42.8 Å². The monoisotopic (exact) mass is 388 g/mol. The molecule has 0 saturated heterocycles. The molecule has 2 aromatic carbocycles. The van der Waals surface area contributed by atoms with Gasteiger partial charge in [-0.1, -0.05) is 6.07 Å². The SMILES string of the molecule is O=C(Nc1cccc(NC(=O)C2CCC(F)(F)C2)c1)c1ccc2c(c1)OCO2. The largest absolute Gasteiger partial charge is 0.454 e. The lowest BCUT2D eigenvalue weighted by atomic mass is 10.1. The van der Waals surface area contributed by atoms with Crippen molar-refractivity contribution in [1.82, 2.24) is 0 Å². The average Bonchev–Trinajstić information content (AvgIpc) is 3.27. The van der Waals surface area contributed by atoms with Crippen LogP contribution in [0, 0.1) is 5.92 Å². The molecule has 0 bridgehead atoms. The van der Waals surface area contributed by atoms with Gasteiger partial charge in [0.25, 0.3) is 5.91 Å². The standard InChI is InChI=1S/C20H18F2N2O4/c21-20(22)7-6-13(10-20)19(26)24-15-3-1-2-14(9-15)23-18(25)12-4-5-16-17(8-12)28-11-27-16/h1-5,8-9,13H,6-7,10-11H2,(H,23,25)(H,24,26). The highest BCUT2D eigenvalue weighted by molar-refractivity contribution is 6.05. The number of alkyl halides is 2. The molecule has 8 heteroatoms. The summed E-state index contributed by atoms with van der Waals surface area (Å²) in [6.45, 7) is 0.120. The number of benzene rings is 2. The van der Waals surface area contributed by atoms with E-state index in [4.69, 9.17) is 9.47 Å². The van der Waals surface area contributed by atoms with Gasteiger partial charge in [0.15, 0.2) is 11.5 Å². The minimum atomic E-state index is -2.78. The average molecular weight is 388 g/mol. The molecule has 2 N–H and O–H groups in total. The molecule has 1 aliphatic carbocycles. The summed E-state index contributed by atoms with van der Waals surface area (Å²) < 4.78 is 37.1. The van der Waals surface area contributed by atoms with Crippen molar-refractivity contribution in [1.29, 1.82) is 0 Å². The first-order valence-corrected chi connectivity index (χ1v) is 8.89. The van der Waals surface area contributed by atoms with Gasteiger partial charge < -0.3 is 20.1 Å². The highest BCUT2D eigenvalue weighted by Crippen LogP contribution is 2.39. The summed E-state index contributed by atoms with van der Waals surface area (Å²) in [5.41, 5.74) is 1.30. The number of amides is 2. The molecule has 0 spiro atoms. The molecule has 2 aromatic rings. The molecule has 1 unspecified atom stereocenters. The molecular formula is C20H18F2N2O4. The molecule has 0 aromatic heterocycles. The van der Waals surface area contributed by atoms with Crippen LogP contribution in [0.1, 0.15) is 29.6 Å². The predicted octanol–water partition coefficient (Wildman–Crippen LogP) is 4.04. The van der Waals surface area contributed by atoms with Gasteiger partial charge in [-0.3, -0.25) is 9.59 Å². The maximum Gasteiger partial charge on any atom is 0.255 e. The summed E-state index contributed by atoms with van der Waals surface area (Å²) >= 11 is 0. The van der Waals surface area contributed by atoms with Crippen LogP contribution in [-0.2, 0) is 4.79 Å². The molecule has 146 valence electrons. The van der Waals surface area contributed by atoms with Crippen molar-refractivity contribution >= 4 is 23.2 Å². The van der Waals surface area contributed by atoms with Crippen molar-refractivity contribution in [2.24, 2.45) is 5.92 Å². The normalized spacial score (nSPS) is 19.3. The van der Waals surface area contributed by atoms with E-state index < -0.39 is 24.2 Å². The van der Waals surface area contributed by atoms with E-state index in [9.17, 15) is 18.4 Å². The number of nitrogens with one attached hydrogen (secondary N) is 2. The quantitative estimate of drug-likeness (QED) is 0.829. The van der Waals surface area contributed by atoms with E-state index in [1.54, 1.807) is 42.5 Å². The third kappa shape index (κ3) is 3.90. The molecular weight excluding hydrogens is 370 g/mol. The molecule has 28 heavy (non-hydrogen) atoms. The molecule has 0 radical (unpaired) electrons. The maximum atomic E-state index is 13.3. The summed E-state index contributed by atoms with van der Waals surface area (Å²) in [5.74, 6) is -3.18. The van der Waals surface area contributed by atoms with Crippen molar-refractivity contribution in [3.05, 3.63) is 48.0 Å². The van der Waals surface area contributed by atoms with E-state index in [0.717, 1.165) is 0 Å². The van der Waals surface area contributed by atoms with Crippen LogP contribution in [0.4, 0.5) is 20.2 Å². The highest BCUT2D eigenvalue weighted by atomic mass is 19.3. The van der Waals surface area contributed by atoms with E-state index >= 15 is 0 Å². The molecule has 1 fully saturated rings. The minimum Gasteiger partial charge on any atom is -0.454 e. The van der Waals surface area contributed by atoms with Crippen LogP contribution in [0.25, 0.3) is 0 Å². The van der Waals surface area contributed by atoms with E-state index in [-0.39, 0.29) is 25.5 Å². The lowest BCUT2D eigenvalue weighted by Gasteiger charge is -2.13. The molecule has 6 nitrogen and oxygen atoms in total. The number of anilines is 2. The Bertz CT molecular complexity index is 932. The third-order valence-electron chi connectivity index (χ3n) is 4.80. The summed E-state index contributed by atoms with van der Waals surface area (Å²) in [4.78, 5) is 24.7. The van der Waals surface area contributed by atoms with Crippen molar-refractivity contribution in [2.75, 3.05) is 17.4 Å². The zero-order valence-electron chi connectivity index (χ0n) is 14.8. The van der Waals surface area contributed by atoms with Crippen molar-refractivity contribution in [2.45, 2.75) is 25.2 Å². The molecule has 1 heterocycles. The first-order chi connectivity index (χ1) is 13.4. The molecule has 4 rings (SSSR count). The van der Waals surface area contributed by atoms with Crippen LogP contribution in [0.15, 0.2) is 42.5 Å². The Labute approximate surface area is 159 Å². The van der Waals surface area contributed by atoms with Crippen LogP contribution in [0.5, 0.6) is 11.5 Å². The van der Waals surface area contributed by atoms with Gasteiger partial charge in [0, 0.05) is 35.7 Å². The van der Waals surface area contributed by atoms with Crippen molar-refractivity contribution in [3.8, 4) is 11.5 Å². The Morgan fingerprint density at radius 2 is 1.75 bits per heavy atom. The number of fused-ring (bicyclic) bond motifs is 1. The zero-order valence-corrected chi connectivity index (χ0v) is 14.8. The maximum absolute atomic E-state index is 13.3. The predicted molar refractivity (Wildman–Crippen MR) is 97.9 cm³/mol. The Balaban J connectivity index is 1.41. The summed E-state index contributed by atoms with van der Waals surface area (Å²) in [5, 5.41) is 5.39. The fourth-order valence-corrected chi connectivity index (χ4v) is 3.33. The second kappa shape index (κ2) is 7.10. The van der Waals surface area contributed by atoms with Gasteiger partial charge >= 0.3 is 0 Å². The fraction of sp³-hybridized carbons (Fsp3) is 0.300. The molecule has 1 aliphatic heterocycles. The van der Waals surface area contributed by atoms with Crippen LogP contribution >= 0.6 is 0 Å². The number of hydrogen-bond acceptors (Lipinski definition) is 4. The molecule has 1 saturated carbocycles. The second-order valence-electron chi connectivity index (χ2n) is 6.89. The second-order valence-corrected chi connectivity index (χ2v) is 6.89. The summed E-state index contributed by atoms with van der Waals surface area (Å²) in [6, 6.07) is 11.4. The molecule has 2 amide bonds. The van der Waals surface area contributed by atoms with Gasteiger partial charge in [-0.15, -0.1) is 0 Å². The number of rotatable bonds is 4. The van der Waals surface area contributed by atoms with Gasteiger partial charge in [0.2, 0.25) is 18.6 Å². The number of halogens is 2. The first kappa shape index (κ1) is 18.2. The Hall–Kier alpha value is -3.16. The van der Waals surface area contributed by atoms with Crippen molar-refractivity contribution in [3.63, 3.8) is 0 Å². The number of carbonyl (C=O) groups excluding carboxylic acids is 2. The van der Waals surface area contributed by atoms with E-state index in [1.165, 1.54) is 0 Å². The lowest BCUT2D eigenvalue weighted by Crippen LogP contribution is -2.22. The van der Waals surface area contributed by atoms with Gasteiger partial charge in [0.1, 0.15) is 0 Å². The first-order valence-electron chi connectivity index (χ1n) is 8.89. The highest BCUT2D eigenvalue weighted by Gasteiger charge is 2.42. The van der Waals surface area contributed by atoms with Crippen LogP contribution < -0.4 is 20.1 Å².